The van der Waals surface area contributed by atoms with Crippen LogP contribution in [0, 0.1) is 0 Å². The molecule has 1 unspecified atom stereocenters. The lowest BCUT2D eigenvalue weighted by Crippen LogP contribution is -2.27. The zero-order chi connectivity index (χ0) is 7.07. The van der Waals surface area contributed by atoms with E-state index in [9.17, 15) is 4.79 Å². The van der Waals surface area contributed by atoms with Crippen molar-refractivity contribution in [3.8, 4) is 0 Å². The summed E-state index contributed by atoms with van der Waals surface area (Å²) in [5, 5.41) is -0.162. The Hall–Kier alpha value is -0.240. The van der Waals surface area contributed by atoms with E-state index in [2.05, 4.69) is 0 Å². The molecule has 1 aliphatic heterocycles. The van der Waals surface area contributed by atoms with Crippen molar-refractivity contribution in [2.24, 2.45) is 0 Å². The third-order valence-electron chi connectivity index (χ3n) is 1.48. The first kappa shape index (κ1) is 6.87. The van der Waals surface area contributed by atoms with Gasteiger partial charge < -0.3 is 4.74 Å². The Bertz CT molecular complexity index is 142. The van der Waals surface area contributed by atoms with Gasteiger partial charge in [-0.25, -0.2) is 0 Å². The van der Waals surface area contributed by atoms with Gasteiger partial charge in [0.2, 0.25) is 0 Å². The molecule has 1 rings (SSSR count). The summed E-state index contributed by atoms with van der Waals surface area (Å²) < 4.78 is 4.89. The molecule has 0 saturated carbocycles. The molecule has 0 N–H and O–H groups in total. The maximum Gasteiger partial charge on any atom is 0.308 e. The molecule has 1 fully saturated rings. The van der Waals surface area contributed by atoms with Crippen LogP contribution in [0.25, 0.3) is 0 Å². The minimum absolute atomic E-state index is 0.162. The van der Waals surface area contributed by atoms with Gasteiger partial charge in [-0.05, 0) is 13.8 Å². The van der Waals surface area contributed by atoms with Crippen molar-refractivity contribution >= 4 is 17.6 Å². The van der Waals surface area contributed by atoms with Crippen LogP contribution in [-0.2, 0) is 9.53 Å². The molecular formula is C6H9ClO2. The molecule has 0 bridgehead atoms. The Balaban J connectivity index is 2.69. The van der Waals surface area contributed by atoms with E-state index < -0.39 is 5.60 Å². The molecule has 52 valence electrons. The Morgan fingerprint density at radius 2 is 2.33 bits per heavy atom. The van der Waals surface area contributed by atoms with E-state index in [1.54, 1.807) is 0 Å². The second-order valence-electron chi connectivity index (χ2n) is 2.75. The molecular weight excluding hydrogens is 140 g/mol. The van der Waals surface area contributed by atoms with Crippen molar-refractivity contribution in [1.29, 1.82) is 0 Å². The first-order valence-electron chi connectivity index (χ1n) is 2.88. The summed E-state index contributed by atoms with van der Waals surface area (Å²) in [5.74, 6) is -0.194. The fraction of sp³-hybridized carbons (Fsp3) is 0.833. The molecule has 9 heavy (non-hydrogen) atoms. The zero-order valence-corrected chi connectivity index (χ0v) is 6.23. The van der Waals surface area contributed by atoms with Crippen LogP contribution < -0.4 is 0 Å². The maximum absolute atomic E-state index is 10.6. The molecule has 1 heterocycles. The second-order valence-corrected chi connectivity index (χ2v) is 3.28. The van der Waals surface area contributed by atoms with Gasteiger partial charge in [-0.2, -0.15) is 0 Å². The van der Waals surface area contributed by atoms with E-state index in [-0.39, 0.29) is 11.3 Å². The van der Waals surface area contributed by atoms with Gasteiger partial charge in [0.25, 0.3) is 0 Å². The van der Waals surface area contributed by atoms with E-state index >= 15 is 0 Å². The van der Waals surface area contributed by atoms with Crippen LogP contribution in [0.4, 0.5) is 0 Å². The van der Waals surface area contributed by atoms with Crippen LogP contribution in [0.3, 0.4) is 0 Å². The fourth-order valence-electron chi connectivity index (χ4n) is 0.791. The zero-order valence-electron chi connectivity index (χ0n) is 5.48. The van der Waals surface area contributed by atoms with Gasteiger partial charge in [0.05, 0.1) is 11.8 Å². The van der Waals surface area contributed by atoms with Crippen LogP contribution >= 0.6 is 11.6 Å². The van der Waals surface area contributed by atoms with Gasteiger partial charge in [-0.3, -0.25) is 4.79 Å². The van der Waals surface area contributed by atoms with E-state index in [0.717, 1.165) is 0 Å². The number of hydrogen-bond donors (Lipinski definition) is 0. The van der Waals surface area contributed by atoms with Crippen LogP contribution in [0.1, 0.15) is 20.3 Å². The highest BCUT2D eigenvalue weighted by Gasteiger charge is 2.40. The van der Waals surface area contributed by atoms with Crippen LogP contribution in [0.5, 0.6) is 0 Å². The van der Waals surface area contributed by atoms with Gasteiger partial charge in [-0.1, -0.05) is 0 Å². The molecule has 3 heteroatoms. The first-order chi connectivity index (χ1) is 4.02. The normalized spacial score (nSPS) is 32.3. The fourth-order valence-corrected chi connectivity index (χ4v) is 0.962. The number of alkyl halides is 1. The van der Waals surface area contributed by atoms with Gasteiger partial charge in [0.1, 0.15) is 5.60 Å². The largest absolute Gasteiger partial charge is 0.458 e. The van der Waals surface area contributed by atoms with E-state index in [1.165, 1.54) is 0 Å². The summed E-state index contributed by atoms with van der Waals surface area (Å²) in [6.07, 6.45) is 0.342. The highest BCUT2D eigenvalue weighted by molar-refractivity contribution is 6.23. The Kier molecular flexibility index (Phi) is 1.43. The second kappa shape index (κ2) is 1.87. The van der Waals surface area contributed by atoms with Gasteiger partial charge in [0, 0.05) is 0 Å². The van der Waals surface area contributed by atoms with E-state index in [4.69, 9.17) is 16.3 Å². The third-order valence-corrected chi connectivity index (χ3v) is 2.16. The quantitative estimate of drug-likeness (QED) is 0.383. The van der Waals surface area contributed by atoms with Gasteiger partial charge in [-0.15, -0.1) is 11.6 Å². The first-order valence-corrected chi connectivity index (χ1v) is 3.32. The lowest BCUT2D eigenvalue weighted by atomic mass is 10.1. The van der Waals surface area contributed by atoms with Crippen LogP contribution in [-0.4, -0.2) is 16.9 Å². The number of carbonyl (C=O) groups is 1. The number of rotatable bonds is 0. The molecule has 0 amide bonds. The number of halogens is 1. The standard InChI is InChI=1S/C6H9ClO2/c1-6(2)4(7)3-5(8)9-6/h4H,3H2,1-2H3. The molecule has 0 aromatic rings. The molecule has 1 atom stereocenters. The average molecular weight is 149 g/mol. The SMILES string of the molecule is CC1(C)OC(=O)CC1Cl. The average Bonchev–Trinajstić information content (AvgIpc) is 1.79. The van der Waals surface area contributed by atoms with Crippen molar-refractivity contribution in [3.05, 3.63) is 0 Å². The lowest BCUT2D eigenvalue weighted by Gasteiger charge is -2.18. The summed E-state index contributed by atoms with van der Waals surface area (Å²) in [4.78, 5) is 10.6. The predicted molar refractivity (Wildman–Crippen MR) is 34.4 cm³/mol. The Morgan fingerprint density at radius 1 is 1.78 bits per heavy atom. The number of cyclic esters (lactones) is 1. The highest BCUT2D eigenvalue weighted by Crippen LogP contribution is 2.30. The molecule has 0 spiro atoms. The summed E-state index contributed by atoms with van der Waals surface area (Å²) in [5.41, 5.74) is -0.460. The van der Waals surface area contributed by atoms with Gasteiger partial charge in [0.15, 0.2) is 0 Å². The van der Waals surface area contributed by atoms with Crippen LogP contribution in [0.2, 0.25) is 0 Å². The van der Waals surface area contributed by atoms with E-state index in [1.807, 2.05) is 13.8 Å². The Labute approximate surface area is 59.1 Å². The number of carbonyl (C=O) groups excluding carboxylic acids is 1. The summed E-state index contributed by atoms with van der Waals surface area (Å²) >= 11 is 5.75. The number of ether oxygens (including phenoxy) is 1. The minimum atomic E-state index is -0.460. The van der Waals surface area contributed by atoms with E-state index in [0.29, 0.717) is 6.42 Å². The lowest BCUT2D eigenvalue weighted by molar-refractivity contribution is -0.145. The molecule has 0 aliphatic carbocycles. The van der Waals surface area contributed by atoms with Crippen molar-refractivity contribution in [2.75, 3.05) is 0 Å². The maximum atomic E-state index is 10.6. The topological polar surface area (TPSA) is 26.3 Å². The Morgan fingerprint density at radius 3 is 2.44 bits per heavy atom. The monoisotopic (exact) mass is 148 g/mol. The molecule has 0 radical (unpaired) electrons. The highest BCUT2D eigenvalue weighted by atomic mass is 35.5. The molecule has 0 aromatic heterocycles. The number of esters is 1. The van der Waals surface area contributed by atoms with Crippen LogP contribution in [0.15, 0.2) is 0 Å². The summed E-state index contributed by atoms with van der Waals surface area (Å²) in [6.45, 7) is 3.63. The molecule has 0 aromatic carbocycles. The van der Waals surface area contributed by atoms with Crippen molar-refractivity contribution in [2.45, 2.75) is 31.2 Å². The van der Waals surface area contributed by atoms with Crippen molar-refractivity contribution in [1.82, 2.24) is 0 Å². The summed E-state index contributed by atoms with van der Waals surface area (Å²) in [7, 11) is 0. The third kappa shape index (κ3) is 1.18. The predicted octanol–water partition coefficient (Wildman–Crippen LogP) is 1.32. The van der Waals surface area contributed by atoms with Crippen molar-refractivity contribution < 1.29 is 9.53 Å². The van der Waals surface area contributed by atoms with Crippen molar-refractivity contribution in [3.63, 3.8) is 0 Å². The molecule has 1 saturated heterocycles. The minimum Gasteiger partial charge on any atom is -0.458 e. The summed E-state index contributed by atoms with van der Waals surface area (Å²) in [6, 6.07) is 0. The number of hydrogen-bond acceptors (Lipinski definition) is 2. The smallest absolute Gasteiger partial charge is 0.308 e. The molecule has 2 nitrogen and oxygen atoms in total. The van der Waals surface area contributed by atoms with Gasteiger partial charge >= 0.3 is 5.97 Å². The molecule has 1 aliphatic rings.